The van der Waals surface area contributed by atoms with Crippen LogP contribution in [-0.4, -0.2) is 28.2 Å². The minimum atomic E-state index is -0.446. The molecule has 94 valence electrons. The maximum Gasteiger partial charge on any atom is 0.340 e. The lowest BCUT2D eigenvalue weighted by Gasteiger charge is -2.05. The Morgan fingerprint density at radius 3 is 2.74 bits per heavy atom. The third kappa shape index (κ3) is 1.85. The molecule has 0 aliphatic carbocycles. The molecule has 0 unspecified atom stereocenters. The monoisotopic (exact) mass is 254 g/mol. The maximum absolute atomic E-state index is 11.7. The maximum atomic E-state index is 11.7. The summed E-state index contributed by atoms with van der Waals surface area (Å²) in [4.78, 5) is 20.5. The molecule has 0 amide bonds. The van der Waals surface area contributed by atoms with E-state index in [-0.39, 0.29) is 5.75 Å². The van der Waals surface area contributed by atoms with Crippen molar-refractivity contribution in [3.8, 4) is 5.75 Å². The van der Waals surface area contributed by atoms with Gasteiger partial charge in [-0.25, -0.2) is 14.8 Å². The third-order valence-corrected chi connectivity index (χ3v) is 2.85. The van der Waals surface area contributed by atoms with Crippen molar-refractivity contribution in [1.82, 2.24) is 9.97 Å². The Labute approximate surface area is 108 Å². The highest BCUT2D eigenvalue weighted by atomic mass is 16.5. The molecule has 0 radical (unpaired) electrons. The van der Waals surface area contributed by atoms with Crippen LogP contribution in [0.3, 0.4) is 0 Å². The van der Waals surface area contributed by atoms with Gasteiger partial charge in [-0.2, -0.15) is 0 Å². The highest BCUT2D eigenvalue weighted by Crippen LogP contribution is 2.22. The average molecular weight is 254 g/mol. The Kier molecular flexibility index (Phi) is 2.52. The van der Waals surface area contributed by atoms with Crippen molar-refractivity contribution in [3.63, 3.8) is 0 Å². The average Bonchev–Trinajstić information content (AvgIpc) is 2.43. The molecule has 0 saturated carbocycles. The highest BCUT2D eigenvalue weighted by Gasteiger charge is 2.13. The van der Waals surface area contributed by atoms with Gasteiger partial charge in [0.25, 0.3) is 0 Å². The van der Waals surface area contributed by atoms with Gasteiger partial charge in [-0.15, -0.1) is 0 Å². The van der Waals surface area contributed by atoms with E-state index in [4.69, 9.17) is 4.74 Å². The molecule has 19 heavy (non-hydrogen) atoms. The first-order valence-corrected chi connectivity index (χ1v) is 5.67. The number of para-hydroxylation sites is 1. The molecule has 0 fully saturated rings. The number of aromatic nitrogens is 2. The summed E-state index contributed by atoms with van der Waals surface area (Å²) >= 11 is 0. The first kappa shape index (κ1) is 11.4. The minimum absolute atomic E-state index is 0.130. The summed E-state index contributed by atoms with van der Waals surface area (Å²) in [6.07, 6.45) is 0. The van der Waals surface area contributed by atoms with E-state index in [1.165, 1.54) is 19.2 Å². The van der Waals surface area contributed by atoms with E-state index < -0.39 is 5.97 Å². The third-order valence-electron chi connectivity index (χ3n) is 2.85. The lowest BCUT2D eigenvalue weighted by atomic mass is 10.1. The molecule has 0 aliphatic rings. The van der Waals surface area contributed by atoms with Crippen molar-refractivity contribution >= 4 is 28.0 Å². The fourth-order valence-electron chi connectivity index (χ4n) is 1.96. The number of rotatable bonds is 1. The molecule has 0 aliphatic heterocycles. The second-order valence-electron chi connectivity index (χ2n) is 4.06. The topological polar surface area (TPSA) is 72.3 Å². The largest absolute Gasteiger partial charge is 0.508 e. The summed E-state index contributed by atoms with van der Waals surface area (Å²) in [5.74, 6) is -0.316. The predicted molar refractivity (Wildman–Crippen MR) is 70.0 cm³/mol. The van der Waals surface area contributed by atoms with Crippen LogP contribution in [0.25, 0.3) is 22.1 Å². The Hall–Kier alpha value is -2.69. The number of phenolic OH excluding ortho intramolecular Hbond substituents is 1. The summed E-state index contributed by atoms with van der Waals surface area (Å²) in [5.41, 5.74) is 2.65. The van der Waals surface area contributed by atoms with Crippen molar-refractivity contribution in [2.24, 2.45) is 0 Å². The quantitative estimate of drug-likeness (QED) is 0.532. The highest BCUT2D eigenvalue weighted by molar-refractivity contribution is 6.03. The van der Waals surface area contributed by atoms with Crippen molar-refractivity contribution in [1.29, 1.82) is 0 Å². The number of hydrogen-bond acceptors (Lipinski definition) is 5. The van der Waals surface area contributed by atoms with Gasteiger partial charge in [0, 0.05) is 6.07 Å². The van der Waals surface area contributed by atoms with Gasteiger partial charge in [0.1, 0.15) is 11.3 Å². The van der Waals surface area contributed by atoms with Crippen molar-refractivity contribution < 1.29 is 14.6 Å². The molecule has 2 aromatic carbocycles. The molecule has 0 atom stereocenters. The van der Waals surface area contributed by atoms with Crippen molar-refractivity contribution in [2.45, 2.75) is 0 Å². The van der Waals surface area contributed by atoms with Crippen LogP contribution in [0.2, 0.25) is 0 Å². The zero-order valence-electron chi connectivity index (χ0n) is 10.1. The van der Waals surface area contributed by atoms with Gasteiger partial charge in [-0.05, 0) is 24.3 Å². The molecule has 0 saturated heterocycles. The van der Waals surface area contributed by atoms with E-state index >= 15 is 0 Å². The first-order chi connectivity index (χ1) is 9.19. The molecule has 5 heteroatoms. The number of carbonyl (C=O) groups is 1. The van der Waals surface area contributed by atoms with Crippen LogP contribution in [-0.2, 0) is 4.74 Å². The Morgan fingerprint density at radius 1 is 1.11 bits per heavy atom. The minimum Gasteiger partial charge on any atom is -0.508 e. The zero-order chi connectivity index (χ0) is 13.4. The SMILES string of the molecule is COC(=O)c1cccc2nc3cc(O)ccc3nc12. The van der Waals surface area contributed by atoms with E-state index in [2.05, 4.69) is 9.97 Å². The van der Waals surface area contributed by atoms with Crippen LogP contribution in [0, 0.1) is 0 Å². The van der Waals surface area contributed by atoms with Crippen molar-refractivity contribution in [3.05, 3.63) is 42.0 Å². The molecule has 0 spiro atoms. The van der Waals surface area contributed by atoms with Gasteiger partial charge in [-0.3, -0.25) is 0 Å². The van der Waals surface area contributed by atoms with Gasteiger partial charge >= 0.3 is 5.97 Å². The number of aromatic hydroxyl groups is 1. The smallest absolute Gasteiger partial charge is 0.340 e. The van der Waals surface area contributed by atoms with E-state index in [0.29, 0.717) is 27.6 Å². The van der Waals surface area contributed by atoms with Gasteiger partial charge in [0.2, 0.25) is 0 Å². The Balaban J connectivity index is 2.38. The van der Waals surface area contributed by atoms with Crippen LogP contribution < -0.4 is 0 Å². The molecular weight excluding hydrogens is 244 g/mol. The van der Waals surface area contributed by atoms with Gasteiger partial charge < -0.3 is 9.84 Å². The number of nitrogens with zero attached hydrogens (tertiary/aromatic N) is 2. The van der Waals surface area contributed by atoms with Crippen LogP contribution >= 0.6 is 0 Å². The number of esters is 1. The zero-order valence-corrected chi connectivity index (χ0v) is 10.1. The van der Waals surface area contributed by atoms with Crippen molar-refractivity contribution in [2.75, 3.05) is 7.11 Å². The summed E-state index contributed by atoms with van der Waals surface area (Å²) < 4.78 is 4.73. The number of benzene rings is 2. The standard InChI is InChI=1S/C14H10N2O3/c1-19-14(18)9-3-2-4-11-13(9)16-10-6-5-8(17)7-12(10)15-11/h2-7,17H,1H3. The second-order valence-corrected chi connectivity index (χ2v) is 4.06. The van der Waals surface area contributed by atoms with Gasteiger partial charge in [-0.1, -0.05) is 6.07 Å². The summed E-state index contributed by atoms with van der Waals surface area (Å²) in [6.45, 7) is 0. The molecule has 0 bridgehead atoms. The number of phenols is 1. The first-order valence-electron chi connectivity index (χ1n) is 5.67. The van der Waals surface area contributed by atoms with Gasteiger partial charge in [0.15, 0.2) is 0 Å². The molecule has 3 rings (SSSR count). The fraction of sp³-hybridized carbons (Fsp3) is 0.0714. The Morgan fingerprint density at radius 2 is 1.95 bits per heavy atom. The van der Waals surface area contributed by atoms with E-state index in [1.807, 2.05) is 0 Å². The molecular formula is C14H10N2O3. The number of methoxy groups -OCH3 is 1. The van der Waals surface area contributed by atoms with Crippen LogP contribution in [0.1, 0.15) is 10.4 Å². The molecule has 1 aromatic heterocycles. The number of carbonyl (C=O) groups excluding carboxylic acids is 1. The predicted octanol–water partition coefficient (Wildman–Crippen LogP) is 2.28. The Bertz CT molecular complexity index is 799. The molecule has 1 heterocycles. The van der Waals surface area contributed by atoms with E-state index in [0.717, 1.165) is 0 Å². The van der Waals surface area contributed by atoms with Gasteiger partial charge in [0.05, 0.1) is 29.2 Å². The molecule has 5 nitrogen and oxygen atoms in total. The molecule has 1 N–H and O–H groups in total. The summed E-state index contributed by atoms with van der Waals surface area (Å²) in [7, 11) is 1.33. The van der Waals surface area contributed by atoms with E-state index in [1.54, 1.807) is 24.3 Å². The van der Waals surface area contributed by atoms with Crippen LogP contribution in [0.5, 0.6) is 5.75 Å². The summed E-state index contributed by atoms with van der Waals surface area (Å²) in [5, 5.41) is 9.44. The molecule has 3 aromatic rings. The lowest BCUT2D eigenvalue weighted by Crippen LogP contribution is -2.03. The normalized spacial score (nSPS) is 10.8. The fourth-order valence-corrected chi connectivity index (χ4v) is 1.96. The van der Waals surface area contributed by atoms with Crippen LogP contribution in [0.4, 0.5) is 0 Å². The summed E-state index contributed by atoms with van der Waals surface area (Å²) in [6, 6.07) is 9.85. The number of ether oxygens (including phenoxy) is 1. The van der Waals surface area contributed by atoms with Crippen LogP contribution in [0.15, 0.2) is 36.4 Å². The number of hydrogen-bond donors (Lipinski definition) is 1. The second kappa shape index (κ2) is 4.20. The number of fused-ring (bicyclic) bond motifs is 2. The van der Waals surface area contributed by atoms with E-state index in [9.17, 15) is 9.90 Å². The lowest BCUT2D eigenvalue weighted by molar-refractivity contribution is 0.0603.